The van der Waals surface area contributed by atoms with Crippen molar-refractivity contribution >= 4 is 0 Å². The van der Waals surface area contributed by atoms with E-state index in [9.17, 15) is 5.11 Å². The molecule has 108 valence electrons. The highest BCUT2D eigenvalue weighted by atomic mass is 16.5. The van der Waals surface area contributed by atoms with E-state index in [1.807, 2.05) is 24.7 Å². The zero-order valence-electron chi connectivity index (χ0n) is 12.2. The van der Waals surface area contributed by atoms with Crippen molar-refractivity contribution in [3.8, 4) is 11.5 Å². The van der Waals surface area contributed by atoms with E-state index in [1.54, 1.807) is 38.6 Å². The zero-order valence-corrected chi connectivity index (χ0v) is 12.2. The number of aliphatic hydroxyl groups is 1. The highest BCUT2D eigenvalue weighted by Gasteiger charge is 2.18. The third-order valence-corrected chi connectivity index (χ3v) is 3.20. The number of rotatable bonds is 5. The van der Waals surface area contributed by atoms with Gasteiger partial charge in [0.05, 0.1) is 20.4 Å². The molecule has 0 saturated carbocycles. The SMILES string of the molecule is COc1ccc(C(O)c2cnn(C(C)C)c2)c(OC)c1. The van der Waals surface area contributed by atoms with Gasteiger partial charge in [0.15, 0.2) is 0 Å². The predicted octanol–water partition coefficient (Wildman–Crippen LogP) is 2.56. The lowest BCUT2D eigenvalue weighted by molar-refractivity contribution is 0.214. The van der Waals surface area contributed by atoms with Gasteiger partial charge in [-0.1, -0.05) is 0 Å². The molecule has 1 aromatic heterocycles. The van der Waals surface area contributed by atoms with Gasteiger partial charge < -0.3 is 14.6 Å². The van der Waals surface area contributed by atoms with Crippen LogP contribution in [0.2, 0.25) is 0 Å². The highest BCUT2D eigenvalue weighted by molar-refractivity contribution is 5.44. The maximum atomic E-state index is 10.5. The summed E-state index contributed by atoms with van der Waals surface area (Å²) in [5, 5.41) is 14.7. The average Bonchev–Trinajstić information content (AvgIpc) is 2.95. The minimum absolute atomic E-state index is 0.258. The Hall–Kier alpha value is -2.01. The van der Waals surface area contributed by atoms with Crippen LogP contribution in [-0.2, 0) is 0 Å². The van der Waals surface area contributed by atoms with Crippen molar-refractivity contribution in [3.63, 3.8) is 0 Å². The number of hydrogen-bond acceptors (Lipinski definition) is 4. The van der Waals surface area contributed by atoms with Crippen LogP contribution in [0, 0.1) is 0 Å². The lowest BCUT2D eigenvalue weighted by Gasteiger charge is -2.14. The fourth-order valence-electron chi connectivity index (χ4n) is 2.00. The molecule has 0 saturated heterocycles. The first kappa shape index (κ1) is 14.4. The number of aromatic nitrogens is 2. The van der Waals surface area contributed by atoms with Crippen molar-refractivity contribution in [2.45, 2.75) is 26.0 Å². The van der Waals surface area contributed by atoms with Crippen molar-refractivity contribution in [1.29, 1.82) is 0 Å². The van der Waals surface area contributed by atoms with Gasteiger partial charge in [0.2, 0.25) is 0 Å². The molecule has 1 N–H and O–H groups in total. The Morgan fingerprint density at radius 1 is 1.20 bits per heavy atom. The van der Waals surface area contributed by atoms with E-state index in [1.165, 1.54) is 0 Å². The zero-order chi connectivity index (χ0) is 14.7. The number of aliphatic hydroxyl groups excluding tert-OH is 1. The van der Waals surface area contributed by atoms with Gasteiger partial charge in [-0.15, -0.1) is 0 Å². The number of nitrogens with zero attached hydrogens (tertiary/aromatic N) is 2. The molecule has 0 aliphatic rings. The van der Waals surface area contributed by atoms with Gasteiger partial charge >= 0.3 is 0 Å². The summed E-state index contributed by atoms with van der Waals surface area (Å²) in [5.74, 6) is 1.28. The summed E-state index contributed by atoms with van der Waals surface area (Å²) in [7, 11) is 3.17. The molecule has 1 unspecified atom stereocenters. The molecule has 20 heavy (non-hydrogen) atoms. The average molecular weight is 276 g/mol. The minimum Gasteiger partial charge on any atom is -0.497 e. The molecule has 0 aliphatic carbocycles. The van der Waals surface area contributed by atoms with E-state index in [2.05, 4.69) is 5.10 Å². The Morgan fingerprint density at radius 3 is 2.50 bits per heavy atom. The molecule has 0 spiro atoms. The first-order valence-corrected chi connectivity index (χ1v) is 6.50. The monoisotopic (exact) mass is 276 g/mol. The highest BCUT2D eigenvalue weighted by Crippen LogP contribution is 2.32. The van der Waals surface area contributed by atoms with Crippen molar-refractivity contribution in [1.82, 2.24) is 9.78 Å². The Balaban J connectivity index is 2.34. The van der Waals surface area contributed by atoms with Crippen LogP contribution in [0.4, 0.5) is 0 Å². The summed E-state index contributed by atoms with van der Waals surface area (Å²) >= 11 is 0. The van der Waals surface area contributed by atoms with Gasteiger partial charge in [0, 0.05) is 29.4 Å². The molecule has 1 atom stereocenters. The van der Waals surface area contributed by atoms with Crippen LogP contribution >= 0.6 is 0 Å². The maximum Gasteiger partial charge on any atom is 0.128 e. The van der Waals surface area contributed by atoms with E-state index in [4.69, 9.17) is 9.47 Å². The molecular weight excluding hydrogens is 256 g/mol. The number of ether oxygens (including phenoxy) is 2. The van der Waals surface area contributed by atoms with Gasteiger partial charge in [0.25, 0.3) is 0 Å². The lowest BCUT2D eigenvalue weighted by atomic mass is 10.0. The maximum absolute atomic E-state index is 10.5. The van der Waals surface area contributed by atoms with Crippen LogP contribution in [0.25, 0.3) is 0 Å². The third-order valence-electron chi connectivity index (χ3n) is 3.20. The predicted molar refractivity (Wildman–Crippen MR) is 76.2 cm³/mol. The Labute approximate surface area is 118 Å². The van der Waals surface area contributed by atoms with E-state index in [0.29, 0.717) is 17.1 Å². The molecule has 0 radical (unpaired) electrons. The van der Waals surface area contributed by atoms with Crippen LogP contribution in [0.3, 0.4) is 0 Å². The van der Waals surface area contributed by atoms with Gasteiger partial charge in [-0.3, -0.25) is 4.68 Å². The molecule has 5 heteroatoms. The van der Waals surface area contributed by atoms with Crippen LogP contribution < -0.4 is 9.47 Å². The van der Waals surface area contributed by atoms with Crippen molar-refractivity contribution in [2.24, 2.45) is 0 Å². The van der Waals surface area contributed by atoms with Gasteiger partial charge in [-0.05, 0) is 26.0 Å². The summed E-state index contributed by atoms with van der Waals surface area (Å²) in [4.78, 5) is 0. The van der Waals surface area contributed by atoms with E-state index in [0.717, 1.165) is 5.56 Å². The standard InChI is InChI=1S/C15H20N2O3/c1-10(2)17-9-11(8-16-17)15(18)13-6-5-12(19-3)7-14(13)20-4/h5-10,15,18H,1-4H3. The van der Waals surface area contributed by atoms with Gasteiger partial charge in [-0.25, -0.2) is 0 Å². The first-order valence-electron chi connectivity index (χ1n) is 6.50. The van der Waals surface area contributed by atoms with Gasteiger partial charge in [0.1, 0.15) is 17.6 Å². The molecular formula is C15H20N2O3. The second-order valence-corrected chi connectivity index (χ2v) is 4.86. The van der Waals surface area contributed by atoms with Crippen LogP contribution in [-0.4, -0.2) is 29.1 Å². The lowest BCUT2D eigenvalue weighted by Crippen LogP contribution is -2.03. The van der Waals surface area contributed by atoms with Crippen molar-refractivity contribution < 1.29 is 14.6 Å². The second-order valence-electron chi connectivity index (χ2n) is 4.86. The number of hydrogen-bond donors (Lipinski definition) is 1. The van der Waals surface area contributed by atoms with Crippen LogP contribution in [0.5, 0.6) is 11.5 Å². The molecule has 0 bridgehead atoms. The largest absolute Gasteiger partial charge is 0.497 e. The Bertz CT molecular complexity index is 578. The molecule has 0 fully saturated rings. The molecule has 0 aliphatic heterocycles. The van der Waals surface area contributed by atoms with E-state index >= 15 is 0 Å². The summed E-state index contributed by atoms with van der Waals surface area (Å²) < 4.78 is 12.3. The van der Waals surface area contributed by atoms with Gasteiger partial charge in [-0.2, -0.15) is 5.10 Å². The third kappa shape index (κ3) is 2.77. The minimum atomic E-state index is -0.775. The van der Waals surface area contributed by atoms with Crippen molar-refractivity contribution in [2.75, 3.05) is 14.2 Å². The topological polar surface area (TPSA) is 56.5 Å². The molecule has 2 rings (SSSR count). The molecule has 0 amide bonds. The summed E-state index contributed by atoms with van der Waals surface area (Å²) in [6.07, 6.45) is 2.75. The molecule has 1 aromatic carbocycles. The van der Waals surface area contributed by atoms with Crippen LogP contribution in [0.1, 0.15) is 37.1 Å². The van der Waals surface area contributed by atoms with E-state index in [-0.39, 0.29) is 6.04 Å². The summed E-state index contributed by atoms with van der Waals surface area (Å²) in [6.45, 7) is 4.08. The summed E-state index contributed by atoms with van der Waals surface area (Å²) in [5.41, 5.74) is 1.43. The molecule has 1 heterocycles. The molecule has 5 nitrogen and oxygen atoms in total. The summed E-state index contributed by atoms with van der Waals surface area (Å²) in [6, 6.07) is 5.61. The van der Waals surface area contributed by atoms with Crippen molar-refractivity contribution in [3.05, 3.63) is 41.7 Å². The number of methoxy groups -OCH3 is 2. The fourth-order valence-corrected chi connectivity index (χ4v) is 2.00. The quantitative estimate of drug-likeness (QED) is 0.912. The van der Waals surface area contributed by atoms with E-state index < -0.39 is 6.10 Å². The normalized spacial score (nSPS) is 12.5. The Morgan fingerprint density at radius 2 is 1.95 bits per heavy atom. The van der Waals surface area contributed by atoms with Crippen LogP contribution in [0.15, 0.2) is 30.6 Å². The molecule has 2 aromatic rings. The Kier molecular flexibility index (Phi) is 4.29. The fraction of sp³-hybridized carbons (Fsp3) is 0.400. The smallest absolute Gasteiger partial charge is 0.128 e. The second kappa shape index (κ2) is 5.96. The first-order chi connectivity index (χ1) is 9.56. The number of benzene rings is 1.